The van der Waals surface area contributed by atoms with Crippen LogP contribution in [0.15, 0.2) is 16.3 Å². The van der Waals surface area contributed by atoms with Gasteiger partial charge >= 0.3 is 0 Å². The molecule has 0 radical (unpaired) electrons. The molecule has 1 aromatic heterocycles. The highest BCUT2D eigenvalue weighted by molar-refractivity contribution is 7.91. The van der Waals surface area contributed by atoms with Crippen LogP contribution in [0.5, 0.6) is 0 Å². The summed E-state index contributed by atoms with van der Waals surface area (Å²) in [5.74, 6) is 0. The third-order valence-electron chi connectivity index (χ3n) is 3.17. The third-order valence-corrected chi connectivity index (χ3v) is 6.65. The molecule has 0 aliphatic carbocycles. The maximum atomic E-state index is 12.5. The SMILES string of the molecule is CCN(CC1CCCO1)S(=O)(=O)c1ccc(CO)s1. The van der Waals surface area contributed by atoms with Gasteiger partial charge in [-0.2, -0.15) is 4.31 Å². The topological polar surface area (TPSA) is 66.8 Å². The zero-order valence-corrected chi connectivity index (χ0v) is 12.5. The smallest absolute Gasteiger partial charge is 0.252 e. The molecule has 19 heavy (non-hydrogen) atoms. The number of rotatable bonds is 6. The summed E-state index contributed by atoms with van der Waals surface area (Å²) < 4.78 is 32.2. The fourth-order valence-electron chi connectivity index (χ4n) is 2.12. The molecule has 1 aliphatic rings. The molecule has 0 saturated carbocycles. The fourth-order valence-corrected chi connectivity index (χ4v) is 4.97. The number of likely N-dealkylation sites (N-methyl/N-ethyl adjacent to an activating group) is 1. The van der Waals surface area contributed by atoms with E-state index >= 15 is 0 Å². The summed E-state index contributed by atoms with van der Waals surface area (Å²) in [6, 6.07) is 3.21. The molecule has 0 bridgehead atoms. The number of ether oxygens (including phenoxy) is 1. The Hall–Kier alpha value is -0.470. The van der Waals surface area contributed by atoms with Gasteiger partial charge < -0.3 is 9.84 Å². The third kappa shape index (κ3) is 3.35. The Morgan fingerprint density at radius 3 is 2.84 bits per heavy atom. The van der Waals surface area contributed by atoms with Gasteiger partial charge in [-0.15, -0.1) is 11.3 Å². The standard InChI is InChI=1S/C12H19NO4S2/c1-2-13(8-10-4-3-7-17-10)19(15,16)12-6-5-11(9-14)18-12/h5-6,10,14H,2-4,7-9H2,1H3. The lowest BCUT2D eigenvalue weighted by molar-refractivity contribution is 0.0947. The van der Waals surface area contributed by atoms with Crippen molar-refractivity contribution in [3.05, 3.63) is 17.0 Å². The molecule has 1 fully saturated rings. The summed E-state index contributed by atoms with van der Waals surface area (Å²) in [4.78, 5) is 0.659. The van der Waals surface area contributed by atoms with Gasteiger partial charge in [0.05, 0.1) is 12.7 Å². The van der Waals surface area contributed by atoms with E-state index in [9.17, 15) is 8.42 Å². The highest BCUT2D eigenvalue weighted by atomic mass is 32.2. The van der Waals surface area contributed by atoms with Crippen LogP contribution in [0.3, 0.4) is 0 Å². The molecule has 0 aromatic carbocycles. The average Bonchev–Trinajstić information content (AvgIpc) is 3.06. The Kier molecular flexibility index (Phi) is 4.97. The highest BCUT2D eigenvalue weighted by Gasteiger charge is 2.28. The van der Waals surface area contributed by atoms with E-state index in [4.69, 9.17) is 9.84 Å². The van der Waals surface area contributed by atoms with Crippen molar-refractivity contribution >= 4 is 21.4 Å². The van der Waals surface area contributed by atoms with Crippen molar-refractivity contribution in [1.82, 2.24) is 4.31 Å². The van der Waals surface area contributed by atoms with Crippen LogP contribution in [-0.4, -0.2) is 43.6 Å². The maximum Gasteiger partial charge on any atom is 0.252 e. The predicted molar refractivity (Wildman–Crippen MR) is 73.6 cm³/mol. The molecule has 1 N–H and O–H groups in total. The van der Waals surface area contributed by atoms with Gasteiger partial charge in [-0.05, 0) is 25.0 Å². The molecular weight excluding hydrogens is 286 g/mol. The fraction of sp³-hybridized carbons (Fsp3) is 0.667. The normalized spacial score (nSPS) is 20.3. The molecule has 7 heteroatoms. The Labute approximate surface area is 117 Å². The number of aliphatic hydroxyl groups is 1. The Morgan fingerprint density at radius 1 is 1.53 bits per heavy atom. The second kappa shape index (κ2) is 6.32. The summed E-state index contributed by atoms with van der Waals surface area (Å²) >= 11 is 1.12. The first kappa shape index (κ1) is 14.9. The average molecular weight is 305 g/mol. The lowest BCUT2D eigenvalue weighted by Gasteiger charge is -2.22. The molecule has 2 rings (SSSR count). The second-order valence-electron chi connectivity index (χ2n) is 4.47. The Morgan fingerprint density at radius 2 is 2.32 bits per heavy atom. The lowest BCUT2D eigenvalue weighted by Crippen LogP contribution is -2.36. The van der Waals surface area contributed by atoms with E-state index in [1.807, 2.05) is 6.92 Å². The number of hydrogen-bond acceptors (Lipinski definition) is 5. The van der Waals surface area contributed by atoms with Crippen LogP contribution in [0.25, 0.3) is 0 Å². The molecule has 1 saturated heterocycles. The van der Waals surface area contributed by atoms with Crippen LogP contribution in [-0.2, 0) is 21.4 Å². The monoisotopic (exact) mass is 305 g/mol. The van der Waals surface area contributed by atoms with Gasteiger partial charge in [0.2, 0.25) is 0 Å². The van der Waals surface area contributed by atoms with E-state index in [-0.39, 0.29) is 16.9 Å². The highest BCUT2D eigenvalue weighted by Crippen LogP contribution is 2.26. The van der Waals surface area contributed by atoms with Crippen molar-refractivity contribution in [2.75, 3.05) is 19.7 Å². The summed E-state index contributed by atoms with van der Waals surface area (Å²) in [6.07, 6.45) is 1.92. The van der Waals surface area contributed by atoms with Crippen molar-refractivity contribution in [3.63, 3.8) is 0 Å². The molecule has 1 aliphatic heterocycles. The Balaban J connectivity index is 2.15. The molecule has 0 amide bonds. The molecule has 0 spiro atoms. The van der Waals surface area contributed by atoms with Crippen LogP contribution in [0, 0.1) is 0 Å². The van der Waals surface area contributed by atoms with Gasteiger partial charge in [-0.1, -0.05) is 6.92 Å². The molecule has 2 heterocycles. The zero-order valence-electron chi connectivity index (χ0n) is 10.9. The van der Waals surface area contributed by atoms with Gasteiger partial charge in [0.15, 0.2) is 0 Å². The van der Waals surface area contributed by atoms with E-state index < -0.39 is 10.0 Å². The summed E-state index contributed by atoms with van der Waals surface area (Å²) in [5.41, 5.74) is 0. The number of aliphatic hydroxyl groups excluding tert-OH is 1. The van der Waals surface area contributed by atoms with Crippen LogP contribution < -0.4 is 0 Å². The molecule has 1 aromatic rings. The van der Waals surface area contributed by atoms with Gasteiger partial charge in [-0.3, -0.25) is 0 Å². The van der Waals surface area contributed by atoms with Crippen molar-refractivity contribution in [1.29, 1.82) is 0 Å². The van der Waals surface area contributed by atoms with Crippen molar-refractivity contribution < 1.29 is 18.3 Å². The van der Waals surface area contributed by atoms with E-state index in [1.54, 1.807) is 12.1 Å². The van der Waals surface area contributed by atoms with Crippen LogP contribution in [0.1, 0.15) is 24.6 Å². The van der Waals surface area contributed by atoms with E-state index in [2.05, 4.69) is 0 Å². The van der Waals surface area contributed by atoms with Gasteiger partial charge in [0.25, 0.3) is 10.0 Å². The molecule has 1 atom stereocenters. The van der Waals surface area contributed by atoms with Crippen molar-refractivity contribution in [3.8, 4) is 0 Å². The van der Waals surface area contributed by atoms with E-state index in [1.165, 1.54) is 4.31 Å². The van der Waals surface area contributed by atoms with Crippen LogP contribution in [0.2, 0.25) is 0 Å². The van der Waals surface area contributed by atoms with Gasteiger partial charge in [0, 0.05) is 24.6 Å². The van der Waals surface area contributed by atoms with Crippen LogP contribution in [0.4, 0.5) is 0 Å². The quantitative estimate of drug-likeness (QED) is 0.863. The van der Waals surface area contributed by atoms with Crippen molar-refractivity contribution in [2.45, 2.75) is 36.7 Å². The molecule has 1 unspecified atom stereocenters. The van der Waals surface area contributed by atoms with Gasteiger partial charge in [0.1, 0.15) is 4.21 Å². The first-order valence-corrected chi connectivity index (χ1v) is 8.65. The van der Waals surface area contributed by atoms with Gasteiger partial charge in [-0.25, -0.2) is 8.42 Å². The van der Waals surface area contributed by atoms with Crippen LogP contribution >= 0.6 is 11.3 Å². The zero-order chi connectivity index (χ0) is 13.9. The molecular formula is C12H19NO4S2. The minimum Gasteiger partial charge on any atom is -0.391 e. The predicted octanol–water partition coefficient (Wildman–Crippen LogP) is 1.43. The number of sulfonamides is 1. The maximum absolute atomic E-state index is 12.5. The van der Waals surface area contributed by atoms with Crippen molar-refractivity contribution in [2.24, 2.45) is 0 Å². The van der Waals surface area contributed by atoms with E-state index in [0.717, 1.165) is 30.8 Å². The molecule has 108 valence electrons. The number of thiophene rings is 1. The summed E-state index contributed by atoms with van der Waals surface area (Å²) in [6.45, 7) is 3.25. The second-order valence-corrected chi connectivity index (χ2v) is 7.80. The Bertz CT molecular complexity index is 506. The summed E-state index contributed by atoms with van der Waals surface area (Å²) in [7, 11) is -3.47. The largest absolute Gasteiger partial charge is 0.391 e. The minimum absolute atomic E-state index is 0.00648. The minimum atomic E-state index is -3.47. The number of hydrogen-bond donors (Lipinski definition) is 1. The first-order valence-electron chi connectivity index (χ1n) is 6.39. The first-order chi connectivity index (χ1) is 9.07. The summed E-state index contributed by atoms with van der Waals surface area (Å²) in [5, 5.41) is 9.02. The number of nitrogens with zero attached hydrogens (tertiary/aromatic N) is 1. The van der Waals surface area contributed by atoms with E-state index in [0.29, 0.717) is 18.0 Å². The molecule has 5 nitrogen and oxygen atoms in total. The lowest BCUT2D eigenvalue weighted by atomic mass is 10.2.